The lowest BCUT2D eigenvalue weighted by Gasteiger charge is -2.27. The number of nitrogens with one attached hydrogen (secondary N) is 1. The summed E-state index contributed by atoms with van der Waals surface area (Å²) >= 11 is 1.67. The number of thiophene rings is 1. The molecule has 1 aromatic carbocycles. The number of hydrogen-bond acceptors (Lipinski definition) is 3. The second kappa shape index (κ2) is 4.86. The van der Waals surface area contributed by atoms with Crippen LogP contribution in [0.1, 0.15) is 29.6 Å². The van der Waals surface area contributed by atoms with E-state index < -0.39 is 0 Å². The van der Waals surface area contributed by atoms with Gasteiger partial charge in [0.25, 0.3) is 5.91 Å². The molecule has 2 saturated heterocycles. The molecular formula is C16H18N2OS. The zero-order chi connectivity index (χ0) is 13.5. The van der Waals surface area contributed by atoms with Crippen molar-refractivity contribution < 1.29 is 4.79 Å². The second-order valence-corrected chi connectivity index (χ2v) is 6.65. The van der Waals surface area contributed by atoms with E-state index in [-0.39, 0.29) is 5.91 Å². The van der Waals surface area contributed by atoms with E-state index in [9.17, 15) is 4.79 Å². The highest BCUT2D eigenvalue weighted by molar-refractivity contribution is 7.17. The fourth-order valence-corrected chi connectivity index (χ4v) is 4.53. The Morgan fingerprint density at radius 3 is 3.00 bits per heavy atom. The van der Waals surface area contributed by atoms with Gasteiger partial charge in [-0.2, -0.15) is 0 Å². The highest BCUT2D eigenvalue weighted by Crippen LogP contribution is 2.33. The summed E-state index contributed by atoms with van der Waals surface area (Å²) in [5.74, 6) is 0.235. The van der Waals surface area contributed by atoms with Crippen molar-refractivity contribution in [2.75, 3.05) is 13.1 Å². The third kappa shape index (κ3) is 1.86. The minimum Gasteiger partial charge on any atom is -0.331 e. The molecule has 2 aromatic rings. The smallest absolute Gasteiger partial charge is 0.255 e. The van der Waals surface area contributed by atoms with Gasteiger partial charge in [-0.3, -0.25) is 4.79 Å². The molecule has 0 radical (unpaired) electrons. The lowest BCUT2D eigenvalue weighted by molar-refractivity contribution is 0.0683. The van der Waals surface area contributed by atoms with Crippen LogP contribution in [-0.4, -0.2) is 36.0 Å². The highest BCUT2D eigenvalue weighted by atomic mass is 32.1. The fourth-order valence-electron chi connectivity index (χ4n) is 3.60. The maximum atomic E-state index is 13.0. The van der Waals surface area contributed by atoms with Crippen LogP contribution in [0.15, 0.2) is 29.6 Å². The molecule has 3 heterocycles. The molecule has 2 bridgehead atoms. The number of nitrogens with zero attached hydrogens (tertiary/aromatic N) is 1. The van der Waals surface area contributed by atoms with Crippen LogP contribution in [0.2, 0.25) is 0 Å². The van der Waals surface area contributed by atoms with Crippen molar-refractivity contribution in [1.82, 2.24) is 10.2 Å². The molecular weight excluding hydrogens is 268 g/mol. The first-order valence-corrected chi connectivity index (χ1v) is 8.22. The standard InChI is InChI=1S/C16H18N2OS/c19-16(14-10-20-15-4-2-1-3-13(14)15)18-11-5-6-12(18)9-17-8-7-11/h1-4,10-12,17H,5-9H2. The lowest BCUT2D eigenvalue weighted by atomic mass is 10.1. The number of rotatable bonds is 1. The summed E-state index contributed by atoms with van der Waals surface area (Å²) < 4.78 is 1.20. The van der Waals surface area contributed by atoms with Crippen molar-refractivity contribution in [2.24, 2.45) is 0 Å². The summed E-state index contributed by atoms with van der Waals surface area (Å²) in [7, 11) is 0. The zero-order valence-electron chi connectivity index (χ0n) is 11.3. The normalized spacial score (nSPS) is 25.9. The summed E-state index contributed by atoms with van der Waals surface area (Å²) in [6, 6.07) is 9.03. The van der Waals surface area contributed by atoms with Crippen LogP contribution >= 0.6 is 11.3 Å². The van der Waals surface area contributed by atoms with Gasteiger partial charge in [0.1, 0.15) is 0 Å². The van der Waals surface area contributed by atoms with E-state index in [1.807, 2.05) is 17.5 Å². The Morgan fingerprint density at radius 2 is 2.05 bits per heavy atom. The van der Waals surface area contributed by atoms with Gasteiger partial charge < -0.3 is 10.2 Å². The quantitative estimate of drug-likeness (QED) is 0.874. The maximum absolute atomic E-state index is 13.0. The summed E-state index contributed by atoms with van der Waals surface area (Å²) in [4.78, 5) is 15.2. The molecule has 4 heteroatoms. The average Bonchev–Trinajstić information content (AvgIpc) is 2.98. The number of carbonyl (C=O) groups excluding carboxylic acids is 1. The Bertz CT molecular complexity index is 637. The molecule has 0 aliphatic carbocycles. The summed E-state index contributed by atoms with van der Waals surface area (Å²) in [6.07, 6.45) is 3.40. The van der Waals surface area contributed by atoms with Crippen molar-refractivity contribution in [3.8, 4) is 0 Å². The van der Waals surface area contributed by atoms with Crippen LogP contribution < -0.4 is 5.32 Å². The van der Waals surface area contributed by atoms with Crippen LogP contribution in [-0.2, 0) is 0 Å². The fraction of sp³-hybridized carbons (Fsp3) is 0.438. The molecule has 104 valence electrons. The van der Waals surface area contributed by atoms with Gasteiger partial charge in [-0.05, 0) is 31.9 Å². The molecule has 2 atom stereocenters. The number of hydrogen-bond donors (Lipinski definition) is 1. The molecule has 20 heavy (non-hydrogen) atoms. The van der Waals surface area contributed by atoms with Crippen LogP contribution in [0.25, 0.3) is 10.1 Å². The molecule has 2 fully saturated rings. The first kappa shape index (κ1) is 12.4. The Kier molecular flexibility index (Phi) is 3.00. The minimum absolute atomic E-state index is 0.235. The molecule has 1 N–H and O–H groups in total. The molecule has 0 spiro atoms. The van der Waals surface area contributed by atoms with E-state index in [4.69, 9.17) is 0 Å². The van der Waals surface area contributed by atoms with Crippen molar-refractivity contribution in [2.45, 2.75) is 31.3 Å². The van der Waals surface area contributed by atoms with Gasteiger partial charge in [-0.15, -0.1) is 11.3 Å². The van der Waals surface area contributed by atoms with E-state index in [1.54, 1.807) is 11.3 Å². The molecule has 2 unspecified atom stereocenters. The summed E-state index contributed by atoms with van der Waals surface area (Å²) in [5, 5.41) is 6.60. The van der Waals surface area contributed by atoms with Crippen molar-refractivity contribution in [1.29, 1.82) is 0 Å². The average molecular weight is 286 g/mol. The SMILES string of the molecule is O=C(c1csc2ccccc12)N1C2CCNCC1CC2. The van der Waals surface area contributed by atoms with Crippen molar-refractivity contribution in [3.05, 3.63) is 35.2 Å². The third-order valence-electron chi connectivity index (χ3n) is 4.60. The molecule has 1 aromatic heterocycles. The number of benzene rings is 1. The van der Waals surface area contributed by atoms with Gasteiger partial charge in [0, 0.05) is 34.1 Å². The molecule has 2 aliphatic heterocycles. The monoisotopic (exact) mass is 286 g/mol. The molecule has 1 amide bonds. The van der Waals surface area contributed by atoms with E-state index >= 15 is 0 Å². The molecule has 4 rings (SSSR count). The Labute approximate surface area is 122 Å². The Balaban J connectivity index is 1.73. The van der Waals surface area contributed by atoms with Gasteiger partial charge in [-0.1, -0.05) is 18.2 Å². The van der Waals surface area contributed by atoms with Crippen LogP contribution in [0, 0.1) is 0 Å². The predicted molar refractivity (Wildman–Crippen MR) is 82.3 cm³/mol. The van der Waals surface area contributed by atoms with E-state index in [0.717, 1.165) is 36.9 Å². The van der Waals surface area contributed by atoms with Crippen LogP contribution in [0.3, 0.4) is 0 Å². The molecule has 2 aliphatic rings. The minimum atomic E-state index is 0.235. The van der Waals surface area contributed by atoms with Crippen LogP contribution in [0.4, 0.5) is 0 Å². The number of carbonyl (C=O) groups is 1. The summed E-state index contributed by atoms with van der Waals surface area (Å²) in [5.41, 5.74) is 0.893. The van der Waals surface area contributed by atoms with E-state index in [2.05, 4.69) is 22.3 Å². The first-order valence-electron chi connectivity index (χ1n) is 7.34. The third-order valence-corrected chi connectivity index (χ3v) is 5.56. The second-order valence-electron chi connectivity index (χ2n) is 5.74. The van der Waals surface area contributed by atoms with Gasteiger partial charge in [0.05, 0.1) is 5.56 Å². The predicted octanol–water partition coefficient (Wildman–Crippen LogP) is 2.87. The largest absolute Gasteiger partial charge is 0.331 e. The van der Waals surface area contributed by atoms with Crippen molar-refractivity contribution >= 4 is 27.3 Å². The highest BCUT2D eigenvalue weighted by Gasteiger charge is 2.38. The first-order chi connectivity index (χ1) is 9.84. The van der Waals surface area contributed by atoms with Gasteiger partial charge >= 0.3 is 0 Å². The zero-order valence-corrected chi connectivity index (χ0v) is 12.2. The van der Waals surface area contributed by atoms with Gasteiger partial charge in [-0.25, -0.2) is 0 Å². The molecule has 3 nitrogen and oxygen atoms in total. The number of fused-ring (bicyclic) bond motifs is 3. The number of amides is 1. The van der Waals surface area contributed by atoms with E-state index in [0.29, 0.717) is 12.1 Å². The van der Waals surface area contributed by atoms with Gasteiger partial charge in [0.2, 0.25) is 0 Å². The van der Waals surface area contributed by atoms with Gasteiger partial charge in [0.15, 0.2) is 0 Å². The molecule has 0 saturated carbocycles. The summed E-state index contributed by atoms with van der Waals surface area (Å²) in [6.45, 7) is 1.99. The lowest BCUT2D eigenvalue weighted by Crippen LogP contribution is -2.42. The Hall–Kier alpha value is -1.39. The maximum Gasteiger partial charge on any atom is 0.255 e. The van der Waals surface area contributed by atoms with Crippen molar-refractivity contribution in [3.63, 3.8) is 0 Å². The Morgan fingerprint density at radius 1 is 1.20 bits per heavy atom. The topological polar surface area (TPSA) is 32.3 Å². The van der Waals surface area contributed by atoms with Crippen LogP contribution in [0.5, 0.6) is 0 Å². The van der Waals surface area contributed by atoms with E-state index in [1.165, 1.54) is 11.1 Å².